The summed E-state index contributed by atoms with van der Waals surface area (Å²) in [5.74, 6) is 1.52. The summed E-state index contributed by atoms with van der Waals surface area (Å²) in [4.78, 5) is 20.4. The summed E-state index contributed by atoms with van der Waals surface area (Å²) in [5.41, 5.74) is 3.53. The lowest BCUT2D eigenvalue weighted by Gasteiger charge is -2.37. The zero-order valence-corrected chi connectivity index (χ0v) is 21.7. The molecule has 0 bridgehead atoms. The van der Waals surface area contributed by atoms with E-state index in [2.05, 4.69) is 80.3 Å². The fourth-order valence-corrected chi connectivity index (χ4v) is 5.73. The first-order valence-electron chi connectivity index (χ1n) is 13.1. The summed E-state index contributed by atoms with van der Waals surface area (Å²) < 4.78 is 2.39. The van der Waals surface area contributed by atoms with Crippen molar-refractivity contribution in [3.63, 3.8) is 0 Å². The van der Waals surface area contributed by atoms with E-state index in [1.54, 1.807) is 0 Å². The lowest BCUT2D eigenvalue weighted by molar-refractivity contribution is 0.0595. The van der Waals surface area contributed by atoms with E-state index in [-0.39, 0.29) is 5.91 Å². The lowest BCUT2D eigenvalue weighted by atomic mass is 9.88. The maximum absolute atomic E-state index is 13.3. The van der Waals surface area contributed by atoms with Crippen molar-refractivity contribution in [2.75, 3.05) is 45.8 Å². The van der Waals surface area contributed by atoms with Crippen LogP contribution in [0.4, 0.5) is 0 Å². The van der Waals surface area contributed by atoms with Crippen molar-refractivity contribution in [1.29, 1.82) is 0 Å². The highest BCUT2D eigenvalue weighted by Gasteiger charge is 2.27. The number of rotatable bonds is 6. The molecule has 1 aromatic carbocycles. The van der Waals surface area contributed by atoms with Crippen LogP contribution >= 0.6 is 0 Å². The maximum atomic E-state index is 13.3. The molecule has 1 aromatic heterocycles. The molecule has 2 fully saturated rings. The van der Waals surface area contributed by atoms with Gasteiger partial charge in [-0.1, -0.05) is 19.9 Å². The van der Waals surface area contributed by atoms with E-state index in [0.717, 1.165) is 37.7 Å². The molecule has 0 unspecified atom stereocenters. The highest BCUT2D eigenvalue weighted by atomic mass is 16.2. The Kier molecular flexibility index (Phi) is 7.49. The molecule has 0 aliphatic carbocycles. The first kappa shape index (κ1) is 24.3. The Morgan fingerprint density at radius 1 is 0.909 bits per heavy atom. The normalized spacial score (nSPS) is 19.5. The van der Waals surface area contributed by atoms with Crippen LogP contribution in [0.25, 0.3) is 10.9 Å². The quantitative estimate of drug-likeness (QED) is 0.602. The minimum absolute atomic E-state index is 0.181. The number of likely N-dealkylation sites (tertiary alicyclic amines) is 1. The van der Waals surface area contributed by atoms with Gasteiger partial charge >= 0.3 is 0 Å². The number of carbonyl (C=O) groups excluding carboxylic acids is 1. The van der Waals surface area contributed by atoms with Crippen molar-refractivity contribution >= 4 is 16.8 Å². The van der Waals surface area contributed by atoms with Crippen molar-refractivity contribution in [3.8, 4) is 0 Å². The summed E-state index contributed by atoms with van der Waals surface area (Å²) in [6.07, 6.45) is 4.84. The van der Waals surface area contributed by atoms with Crippen LogP contribution in [0.2, 0.25) is 0 Å². The number of carbonyl (C=O) groups is 1. The molecule has 3 heterocycles. The molecule has 2 aliphatic rings. The van der Waals surface area contributed by atoms with Crippen LogP contribution in [-0.4, -0.2) is 77.0 Å². The van der Waals surface area contributed by atoms with Crippen LogP contribution < -0.4 is 0 Å². The highest BCUT2D eigenvalue weighted by molar-refractivity contribution is 5.99. The molecule has 4 rings (SSSR count). The molecular formula is C28H44N4O. The Morgan fingerprint density at radius 2 is 1.58 bits per heavy atom. The number of nitrogens with zero attached hydrogens (tertiary/aromatic N) is 4. The van der Waals surface area contributed by atoms with E-state index in [1.807, 2.05) is 4.90 Å². The maximum Gasteiger partial charge on any atom is 0.254 e. The molecule has 2 saturated heterocycles. The van der Waals surface area contributed by atoms with Gasteiger partial charge in [-0.15, -0.1) is 0 Å². The van der Waals surface area contributed by atoms with Crippen LogP contribution in [0.15, 0.2) is 24.4 Å². The van der Waals surface area contributed by atoms with Gasteiger partial charge in [0.2, 0.25) is 0 Å². The number of aromatic nitrogens is 1. The second kappa shape index (κ2) is 10.2. The van der Waals surface area contributed by atoms with Gasteiger partial charge in [0.25, 0.3) is 5.91 Å². The van der Waals surface area contributed by atoms with E-state index >= 15 is 0 Å². The first-order valence-corrected chi connectivity index (χ1v) is 13.1. The van der Waals surface area contributed by atoms with Gasteiger partial charge < -0.3 is 14.4 Å². The molecule has 0 radical (unpaired) electrons. The Bertz CT molecular complexity index is 944. The molecule has 0 saturated carbocycles. The van der Waals surface area contributed by atoms with Crippen LogP contribution in [0.5, 0.6) is 0 Å². The van der Waals surface area contributed by atoms with Crippen LogP contribution in [0.1, 0.15) is 82.3 Å². The van der Waals surface area contributed by atoms with Crippen LogP contribution in [0.3, 0.4) is 0 Å². The van der Waals surface area contributed by atoms with Gasteiger partial charge in [0.05, 0.1) is 0 Å². The van der Waals surface area contributed by atoms with E-state index < -0.39 is 0 Å². The number of piperazine rings is 1. The predicted molar refractivity (Wildman–Crippen MR) is 138 cm³/mol. The molecule has 33 heavy (non-hydrogen) atoms. The highest BCUT2D eigenvalue weighted by Crippen LogP contribution is 2.36. The third-order valence-electron chi connectivity index (χ3n) is 7.65. The summed E-state index contributed by atoms with van der Waals surface area (Å²) in [6.45, 7) is 20.7. The summed E-state index contributed by atoms with van der Waals surface area (Å²) in [6, 6.07) is 7.37. The molecule has 5 nitrogen and oxygen atoms in total. The summed E-state index contributed by atoms with van der Waals surface area (Å²) in [7, 11) is 0. The molecule has 0 spiro atoms. The largest absolute Gasteiger partial charge is 0.345 e. The van der Waals surface area contributed by atoms with Gasteiger partial charge in [0.1, 0.15) is 0 Å². The van der Waals surface area contributed by atoms with E-state index in [4.69, 9.17) is 0 Å². The fourth-order valence-electron chi connectivity index (χ4n) is 5.73. The van der Waals surface area contributed by atoms with Crippen LogP contribution in [-0.2, 0) is 0 Å². The number of piperidine rings is 1. The Labute approximate surface area is 200 Å². The summed E-state index contributed by atoms with van der Waals surface area (Å²) >= 11 is 0. The third kappa shape index (κ3) is 5.30. The van der Waals surface area contributed by atoms with Gasteiger partial charge in [-0.2, -0.15) is 0 Å². The van der Waals surface area contributed by atoms with E-state index in [0.29, 0.717) is 18.0 Å². The molecule has 0 N–H and O–H groups in total. The first-order chi connectivity index (χ1) is 15.7. The second-order valence-corrected chi connectivity index (χ2v) is 11.2. The average molecular weight is 453 g/mol. The smallest absolute Gasteiger partial charge is 0.254 e. The zero-order chi connectivity index (χ0) is 23.7. The zero-order valence-electron chi connectivity index (χ0n) is 21.7. The van der Waals surface area contributed by atoms with Crippen molar-refractivity contribution in [1.82, 2.24) is 19.3 Å². The summed E-state index contributed by atoms with van der Waals surface area (Å²) in [5, 5.41) is 1.34. The van der Waals surface area contributed by atoms with Gasteiger partial charge in [-0.25, -0.2) is 0 Å². The average Bonchev–Trinajstić information content (AvgIpc) is 3.18. The minimum atomic E-state index is 0.181. The van der Waals surface area contributed by atoms with Gasteiger partial charge in [-0.3, -0.25) is 9.69 Å². The Hall–Kier alpha value is -1.85. The number of hydrogen-bond donors (Lipinski definition) is 0. The molecule has 5 heteroatoms. The SMILES string of the molecule is CC(C)CN1CCC(c2cn(C(C)C)c3cc(C(=O)N4CCN(C(C)C)CC4)ccc23)CC1. The van der Waals surface area contributed by atoms with Crippen LogP contribution in [0, 0.1) is 5.92 Å². The lowest BCUT2D eigenvalue weighted by Crippen LogP contribution is -2.50. The Morgan fingerprint density at radius 3 is 2.15 bits per heavy atom. The van der Waals surface area contributed by atoms with E-state index in [9.17, 15) is 4.79 Å². The minimum Gasteiger partial charge on any atom is -0.345 e. The molecular weight excluding hydrogens is 408 g/mol. The van der Waals surface area contributed by atoms with Crippen molar-refractivity contribution in [2.45, 2.75) is 72.4 Å². The third-order valence-corrected chi connectivity index (χ3v) is 7.65. The predicted octanol–water partition coefficient (Wildman–Crippen LogP) is 5.22. The molecule has 2 aromatic rings. The van der Waals surface area contributed by atoms with Gasteiger partial charge in [0.15, 0.2) is 0 Å². The van der Waals surface area contributed by atoms with Gasteiger partial charge in [-0.05, 0) is 83.2 Å². The topological polar surface area (TPSA) is 31.7 Å². The molecule has 2 aliphatic heterocycles. The van der Waals surface area contributed by atoms with Crippen molar-refractivity contribution in [3.05, 3.63) is 35.5 Å². The Balaban J connectivity index is 1.54. The number of amides is 1. The number of fused-ring (bicyclic) bond motifs is 1. The second-order valence-electron chi connectivity index (χ2n) is 11.2. The monoisotopic (exact) mass is 452 g/mol. The number of hydrogen-bond acceptors (Lipinski definition) is 3. The molecule has 1 amide bonds. The fraction of sp³-hybridized carbons (Fsp3) is 0.679. The van der Waals surface area contributed by atoms with E-state index in [1.165, 1.54) is 48.9 Å². The standard InChI is InChI=1S/C28H44N4O/c1-20(2)18-29-11-9-23(10-12-29)26-19-32(22(5)6)27-17-24(7-8-25(26)27)28(33)31-15-13-30(14-16-31)21(3)4/h7-8,17,19-23H,9-16,18H2,1-6H3. The van der Waals surface area contributed by atoms with Crippen molar-refractivity contribution < 1.29 is 4.79 Å². The van der Waals surface area contributed by atoms with Crippen molar-refractivity contribution in [2.24, 2.45) is 5.92 Å². The number of benzene rings is 1. The van der Waals surface area contributed by atoms with Gasteiger partial charge in [0, 0.05) is 67.5 Å². The molecule has 182 valence electrons. The molecule has 0 atom stereocenters.